The van der Waals surface area contributed by atoms with Crippen LogP contribution in [0.15, 0.2) is 53.6 Å². The van der Waals surface area contributed by atoms with Gasteiger partial charge in [0.1, 0.15) is 0 Å². The Balaban J connectivity index is 1.52. The highest BCUT2D eigenvalue weighted by Crippen LogP contribution is 2.31. The fourth-order valence-electron chi connectivity index (χ4n) is 2.30. The predicted octanol–water partition coefficient (Wildman–Crippen LogP) is 1.74. The first kappa shape index (κ1) is 16.5. The number of hydrogen-bond donors (Lipinski definition) is 2. The quantitative estimate of drug-likeness (QED) is 0.504. The Morgan fingerprint density at radius 1 is 1.08 bits per heavy atom. The minimum absolute atomic E-state index is 0.187. The molecule has 7 heteroatoms. The molecule has 0 aromatic heterocycles. The molecule has 1 atom stereocenters. The van der Waals surface area contributed by atoms with E-state index in [4.69, 9.17) is 9.47 Å². The summed E-state index contributed by atoms with van der Waals surface area (Å²) in [4.78, 5) is 23.7. The summed E-state index contributed by atoms with van der Waals surface area (Å²) in [6, 6.07) is 14.3. The first-order chi connectivity index (χ1) is 12.1. The summed E-state index contributed by atoms with van der Waals surface area (Å²) in [6.45, 7) is 1.99. The van der Waals surface area contributed by atoms with Gasteiger partial charge in [0.15, 0.2) is 11.5 Å². The zero-order chi connectivity index (χ0) is 17.6. The van der Waals surface area contributed by atoms with Crippen LogP contribution in [0.5, 0.6) is 11.5 Å². The van der Waals surface area contributed by atoms with Gasteiger partial charge in [-0.2, -0.15) is 5.10 Å². The van der Waals surface area contributed by atoms with Crippen molar-refractivity contribution in [3.8, 4) is 11.5 Å². The lowest BCUT2D eigenvalue weighted by atomic mass is 10.1. The van der Waals surface area contributed by atoms with Crippen molar-refractivity contribution in [1.82, 2.24) is 10.7 Å². The van der Waals surface area contributed by atoms with Crippen LogP contribution in [0.25, 0.3) is 0 Å². The number of nitrogens with zero attached hydrogens (tertiary/aromatic N) is 1. The Morgan fingerprint density at radius 3 is 2.64 bits per heavy atom. The second-order valence-corrected chi connectivity index (χ2v) is 5.42. The molecule has 0 saturated heterocycles. The summed E-state index contributed by atoms with van der Waals surface area (Å²) >= 11 is 0. The van der Waals surface area contributed by atoms with Gasteiger partial charge < -0.3 is 14.8 Å². The van der Waals surface area contributed by atoms with E-state index in [9.17, 15) is 9.59 Å². The van der Waals surface area contributed by atoms with Crippen LogP contribution in [0.1, 0.15) is 24.1 Å². The van der Waals surface area contributed by atoms with E-state index in [0.717, 1.165) is 5.56 Å². The van der Waals surface area contributed by atoms with E-state index < -0.39 is 11.8 Å². The van der Waals surface area contributed by atoms with Crippen molar-refractivity contribution in [1.29, 1.82) is 0 Å². The van der Waals surface area contributed by atoms with E-state index in [1.54, 1.807) is 25.1 Å². The topological polar surface area (TPSA) is 89.0 Å². The van der Waals surface area contributed by atoms with Crippen molar-refractivity contribution in [2.24, 2.45) is 5.10 Å². The van der Waals surface area contributed by atoms with Gasteiger partial charge in [-0.15, -0.1) is 0 Å². The number of carbonyl (C=O) groups is 2. The number of carbonyl (C=O) groups excluding carboxylic acids is 2. The molecule has 3 rings (SSSR count). The summed E-state index contributed by atoms with van der Waals surface area (Å²) in [6.07, 6.45) is 1.42. The molecule has 1 aliphatic heterocycles. The second-order valence-electron chi connectivity index (χ2n) is 5.42. The van der Waals surface area contributed by atoms with Crippen LogP contribution in [0.3, 0.4) is 0 Å². The van der Waals surface area contributed by atoms with Gasteiger partial charge in [-0.25, -0.2) is 5.43 Å². The SMILES string of the molecule is C[C@@H](NC(=O)C(=O)NN=Cc1ccc2c(c1)OCO2)c1ccccc1. The molecule has 25 heavy (non-hydrogen) atoms. The number of ether oxygens (including phenoxy) is 2. The Hall–Kier alpha value is -3.35. The molecule has 0 fully saturated rings. The van der Waals surface area contributed by atoms with E-state index in [0.29, 0.717) is 17.1 Å². The molecule has 1 heterocycles. The van der Waals surface area contributed by atoms with Crippen molar-refractivity contribution in [2.45, 2.75) is 13.0 Å². The number of fused-ring (bicyclic) bond motifs is 1. The molecule has 0 bridgehead atoms. The molecular weight excluding hydrogens is 322 g/mol. The lowest BCUT2D eigenvalue weighted by Crippen LogP contribution is -2.39. The third-order valence-corrected chi connectivity index (χ3v) is 3.63. The van der Waals surface area contributed by atoms with Crippen molar-refractivity contribution < 1.29 is 19.1 Å². The zero-order valence-electron chi connectivity index (χ0n) is 13.6. The number of hydrogen-bond acceptors (Lipinski definition) is 5. The molecule has 0 saturated carbocycles. The maximum Gasteiger partial charge on any atom is 0.329 e. The van der Waals surface area contributed by atoms with Crippen LogP contribution in [-0.2, 0) is 9.59 Å². The highest BCUT2D eigenvalue weighted by atomic mass is 16.7. The van der Waals surface area contributed by atoms with Gasteiger partial charge in [0.05, 0.1) is 12.3 Å². The molecule has 0 radical (unpaired) electrons. The maximum atomic E-state index is 11.9. The van der Waals surface area contributed by atoms with E-state index >= 15 is 0 Å². The van der Waals surface area contributed by atoms with Crippen LogP contribution in [0, 0.1) is 0 Å². The average molecular weight is 339 g/mol. The van der Waals surface area contributed by atoms with E-state index in [-0.39, 0.29) is 12.8 Å². The number of benzene rings is 2. The molecule has 1 aliphatic rings. The molecule has 2 amide bonds. The first-order valence-electron chi connectivity index (χ1n) is 7.72. The highest BCUT2D eigenvalue weighted by molar-refractivity contribution is 6.35. The Labute approximate surface area is 144 Å². The zero-order valence-corrected chi connectivity index (χ0v) is 13.6. The van der Waals surface area contributed by atoms with Crippen LogP contribution < -0.4 is 20.2 Å². The Bertz CT molecular complexity index is 805. The summed E-state index contributed by atoms with van der Waals surface area (Å²) in [7, 11) is 0. The van der Waals surface area contributed by atoms with Crippen LogP contribution in [0.2, 0.25) is 0 Å². The van der Waals surface area contributed by atoms with Crippen molar-refractivity contribution in [2.75, 3.05) is 6.79 Å². The van der Waals surface area contributed by atoms with Crippen LogP contribution in [-0.4, -0.2) is 24.8 Å². The van der Waals surface area contributed by atoms with Gasteiger partial charge in [0, 0.05) is 0 Å². The monoisotopic (exact) mass is 339 g/mol. The largest absolute Gasteiger partial charge is 0.454 e. The molecule has 0 unspecified atom stereocenters. The van der Waals surface area contributed by atoms with E-state index in [2.05, 4.69) is 15.8 Å². The molecule has 7 nitrogen and oxygen atoms in total. The molecule has 2 aromatic rings. The minimum atomic E-state index is -0.834. The van der Waals surface area contributed by atoms with E-state index in [1.165, 1.54) is 6.21 Å². The molecule has 2 N–H and O–H groups in total. The molecule has 0 spiro atoms. The summed E-state index contributed by atoms with van der Waals surface area (Å²) < 4.78 is 10.5. The smallest absolute Gasteiger partial charge is 0.329 e. The van der Waals surface area contributed by atoms with Gasteiger partial charge in [0.2, 0.25) is 6.79 Å². The number of nitrogens with one attached hydrogen (secondary N) is 2. The standard InChI is InChI=1S/C18H17N3O4/c1-12(14-5-3-2-4-6-14)20-17(22)18(23)21-19-10-13-7-8-15-16(9-13)25-11-24-15/h2-10,12H,11H2,1H3,(H,20,22)(H,21,23)/t12-/m1/s1. The van der Waals surface area contributed by atoms with Gasteiger partial charge in [-0.1, -0.05) is 30.3 Å². The maximum absolute atomic E-state index is 11.9. The third kappa shape index (κ3) is 4.14. The lowest BCUT2D eigenvalue weighted by molar-refractivity contribution is -0.139. The third-order valence-electron chi connectivity index (χ3n) is 3.63. The number of rotatable bonds is 4. The fourth-order valence-corrected chi connectivity index (χ4v) is 2.30. The summed E-state index contributed by atoms with van der Waals surface area (Å²) in [5.41, 5.74) is 3.82. The van der Waals surface area contributed by atoms with Gasteiger partial charge in [-0.3, -0.25) is 9.59 Å². The lowest BCUT2D eigenvalue weighted by Gasteiger charge is -2.13. The first-order valence-corrected chi connectivity index (χ1v) is 7.72. The molecule has 2 aromatic carbocycles. The minimum Gasteiger partial charge on any atom is -0.454 e. The second kappa shape index (κ2) is 7.48. The Kier molecular flexibility index (Phi) is 4.94. The molecule has 0 aliphatic carbocycles. The highest BCUT2D eigenvalue weighted by Gasteiger charge is 2.16. The number of hydrazone groups is 1. The van der Waals surface area contributed by atoms with E-state index in [1.807, 2.05) is 30.3 Å². The predicted molar refractivity (Wildman–Crippen MR) is 91.3 cm³/mol. The van der Waals surface area contributed by atoms with Gasteiger partial charge in [-0.05, 0) is 36.2 Å². The molecule has 128 valence electrons. The summed E-state index contributed by atoms with van der Waals surface area (Å²) in [5, 5.41) is 6.40. The van der Waals surface area contributed by atoms with Crippen molar-refractivity contribution >= 4 is 18.0 Å². The molecular formula is C18H17N3O4. The fraction of sp³-hybridized carbons (Fsp3) is 0.167. The van der Waals surface area contributed by atoms with Gasteiger partial charge >= 0.3 is 11.8 Å². The normalized spacial score (nSPS) is 13.5. The Morgan fingerprint density at radius 2 is 1.84 bits per heavy atom. The van der Waals surface area contributed by atoms with Crippen molar-refractivity contribution in [3.05, 3.63) is 59.7 Å². The van der Waals surface area contributed by atoms with Gasteiger partial charge in [0.25, 0.3) is 0 Å². The average Bonchev–Trinajstić information content (AvgIpc) is 3.10. The van der Waals surface area contributed by atoms with Crippen molar-refractivity contribution in [3.63, 3.8) is 0 Å². The number of amides is 2. The van der Waals surface area contributed by atoms with Crippen LogP contribution in [0.4, 0.5) is 0 Å². The summed E-state index contributed by atoms with van der Waals surface area (Å²) in [5.74, 6) is -0.306. The van der Waals surface area contributed by atoms with Crippen LogP contribution >= 0.6 is 0 Å².